The first kappa shape index (κ1) is 234. The fourth-order valence-corrected chi connectivity index (χ4v) is 0. The number of hydrogen-bond donors (Lipinski definition) is 4. The van der Waals surface area contributed by atoms with Gasteiger partial charge in [0, 0.05) is 0 Å². The van der Waals surface area contributed by atoms with Crippen molar-refractivity contribution in [1.82, 2.24) is 24.6 Å². The van der Waals surface area contributed by atoms with E-state index in [-0.39, 0.29) is 24.6 Å². The molecule has 8 heteroatoms. The summed E-state index contributed by atoms with van der Waals surface area (Å²) in [6.07, 6.45) is 0. The Kier molecular flexibility index (Phi) is 2160. The summed E-state index contributed by atoms with van der Waals surface area (Å²) < 4.78 is 0. The molecule has 0 radical (unpaired) electrons. The zero-order valence-electron chi connectivity index (χ0n) is 7.79. The van der Waals surface area contributed by atoms with Crippen molar-refractivity contribution in [1.29, 1.82) is 21.0 Å². The Morgan fingerprint density at radius 1 is 0.333 bits per heavy atom. The Balaban J connectivity index is -0.00000000267. The van der Waals surface area contributed by atoms with E-state index in [1.54, 1.807) is 0 Å². The molecule has 16 N–H and O–H groups in total. The summed E-state index contributed by atoms with van der Waals surface area (Å²) in [5.41, 5.74) is 0. The molecule has 0 unspecified atom stereocenters. The predicted octanol–water partition coefficient (Wildman–Crippen LogP) is 1.89. The minimum absolute atomic E-state index is 0. The second-order valence-corrected chi connectivity index (χ2v) is 0. The Morgan fingerprint density at radius 2 is 0.333 bits per heavy atom. The number of hydrogen-bond acceptors (Lipinski definition) is 4. The molecule has 0 aromatic heterocycles. The van der Waals surface area contributed by atoms with Crippen LogP contribution in [0.2, 0.25) is 0 Å². The van der Waals surface area contributed by atoms with Crippen LogP contribution in [0.4, 0.5) is 0 Å². The van der Waals surface area contributed by atoms with E-state index in [1.807, 2.05) is 0 Å². The van der Waals surface area contributed by atoms with Crippen molar-refractivity contribution in [2.24, 2.45) is 0 Å². The molecule has 12 heavy (non-hydrogen) atoms. The van der Waals surface area contributed by atoms with E-state index in [0.717, 1.165) is 0 Å². The van der Waals surface area contributed by atoms with Crippen LogP contribution >= 0.6 is 0 Å². The van der Waals surface area contributed by atoms with Crippen molar-refractivity contribution in [3.8, 4) is 0 Å². The zero-order chi connectivity index (χ0) is 8.00. The van der Waals surface area contributed by atoms with Crippen LogP contribution in [-0.4, -0.2) is 0 Å². The molecule has 0 amide bonds. The van der Waals surface area contributed by atoms with E-state index >= 15 is 0 Å². The van der Waals surface area contributed by atoms with Crippen molar-refractivity contribution in [3.63, 3.8) is 0 Å². The lowest BCUT2D eigenvalue weighted by molar-refractivity contribution is 1.53. The predicted molar refractivity (Wildman–Crippen MR) is 43.8 cm³/mol. The van der Waals surface area contributed by atoms with Gasteiger partial charge in [0.1, 0.15) is 0 Å². The van der Waals surface area contributed by atoms with Crippen LogP contribution in [0.5, 0.6) is 0 Å². The molecule has 8 nitrogen and oxygen atoms in total. The highest BCUT2D eigenvalue weighted by Gasteiger charge is 0.0835. The lowest BCUT2D eigenvalue weighted by Crippen LogP contribution is -0.530. The minimum Gasteiger partial charge on any atom is -0.512 e. The largest absolute Gasteiger partial charge is 0.512 e. The summed E-state index contributed by atoms with van der Waals surface area (Å²) in [5.74, 6) is 0. The molecule has 0 saturated carbocycles. The van der Waals surface area contributed by atoms with Crippen molar-refractivity contribution >= 4 is 0 Å². The Bertz CT molecular complexity index is 54.0. The number of nitrogens with zero attached hydrogens (tertiary/aromatic N) is 4. The first-order chi connectivity index (χ1) is 4.00. The van der Waals surface area contributed by atoms with Crippen molar-refractivity contribution in [3.05, 3.63) is 26.3 Å². The molecule has 0 fully saturated rings. The van der Waals surface area contributed by atoms with Gasteiger partial charge in [0.2, 0.25) is 0 Å². The molecule has 0 aromatic carbocycles. The fraction of sp³-hybridized carbons (Fsp3) is 0. The molecule has 0 saturated heterocycles. The average Bonchev–Trinajstić information content (AvgIpc) is 2.03. The first-order valence-corrected chi connectivity index (χ1v) is 0.894. The maximum atomic E-state index is 6.25. The Morgan fingerprint density at radius 3 is 0.333 bits per heavy atom. The van der Waals surface area contributed by atoms with Gasteiger partial charge in [-0.2, -0.15) is 0 Å². The van der Waals surface area contributed by atoms with Crippen molar-refractivity contribution < 1.29 is 0 Å². The van der Waals surface area contributed by atoms with Crippen LogP contribution in [0.3, 0.4) is 0 Å². The highest BCUT2D eigenvalue weighted by atomic mass is 14.2. The number of quaternary nitrogens is 4. The van der Waals surface area contributed by atoms with Gasteiger partial charge in [0.05, 0.1) is 0 Å². The standard InChI is InChI=1S/4CN.4H3N/c4*1-2;;;;/h;;;;4*1H3/q4*-1;;;;/p+4. The SMILES string of the molecule is [C-]#N.[C-]#N.[C-]#N.[C-]#N.[NH4+].[NH4+].[NH4+].[NH4+]. The van der Waals surface area contributed by atoms with Gasteiger partial charge in [-0.15, -0.1) is 0 Å². The van der Waals surface area contributed by atoms with Crippen LogP contribution in [0.15, 0.2) is 0 Å². The van der Waals surface area contributed by atoms with Crippen molar-refractivity contribution in [2.75, 3.05) is 0 Å². The highest BCUT2D eigenvalue weighted by molar-refractivity contribution is 3.44. The molecule has 0 atom stereocenters. The van der Waals surface area contributed by atoms with Gasteiger partial charge in [-0.3, -0.25) is 0 Å². The lowest BCUT2D eigenvalue weighted by atomic mass is 11.9. The molecular formula is C4H16N8. The minimum atomic E-state index is 0. The lowest BCUT2D eigenvalue weighted by Gasteiger charge is -1.08. The van der Waals surface area contributed by atoms with Crippen LogP contribution in [0, 0.1) is 47.3 Å². The maximum Gasteiger partial charge on any atom is -0.369 e. The molecule has 72 valence electrons. The summed E-state index contributed by atoms with van der Waals surface area (Å²) in [5, 5.41) is 25.0. The molecule has 0 aromatic rings. The van der Waals surface area contributed by atoms with Gasteiger partial charge < -0.3 is 71.9 Å². The van der Waals surface area contributed by atoms with E-state index < -0.39 is 0 Å². The molecule has 0 heterocycles. The van der Waals surface area contributed by atoms with Gasteiger partial charge >= 0.3 is 0 Å². The van der Waals surface area contributed by atoms with E-state index in [2.05, 4.69) is 0 Å². The average molecular weight is 176 g/mol. The quantitative estimate of drug-likeness (QED) is 0.403. The molecule has 0 bridgehead atoms. The van der Waals surface area contributed by atoms with Crippen LogP contribution < -0.4 is 24.6 Å². The monoisotopic (exact) mass is 176 g/mol. The summed E-state index contributed by atoms with van der Waals surface area (Å²) >= 11 is 0. The second-order valence-electron chi connectivity index (χ2n) is 0. The van der Waals surface area contributed by atoms with E-state index in [9.17, 15) is 0 Å². The first-order valence-electron chi connectivity index (χ1n) is 0.894. The zero-order valence-corrected chi connectivity index (χ0v) is 7.79. The Labute approximate surface area is 73.0 Å². The smallest absolute Gasteiger partial charge is 0.369 e. The van der Waals surface area contributed by atoms with Crippen LogP contribution in [0.1, 0.15) is 0 Å². The van der Waals surface area contributed by atoms with E-state index in [4.69, 9.17) is 47.3 Å². The van der Waals surface area contributed by atoms with Crippen LogP contribution in [-0.2, 0) is 0 Å². The van der Waals surface area contributed by atoms with E-state index in [1.165, 1.54) is 0 Å². The third-order valence-electron chi connectivity index (χ3n) is 0. The highest BCUT2D eigenvalue weighted by Crippen LogP contribution is 0.633. The third-order valence-corrected chi connectivity index (χ3v) is 0. The summed E-state index contributed by atoms with van der Waals surface area (Å²) in [6, 6.07) is 0. The van der Waals surface area contributed by atoms with Gasteiger partial charge in [-0.25, -0.2) is 0 Å². The summed E-state index contributed by atoms with van der Waals surface area (Å²) in [6.45, 7) is 19.0. The normalized spacial score (nSPS) is 0.667. The van der Waals surface area contributed by atoms with Gasteiger partial charge in [0.15, 0.2) is 0 Å². The van der Waals surface area contributed by atoms with Crippen molar-refractivity contribution in [2.45, 2.75) is 0 Å². The third kappa shape index (κ3) is 74.5. The van der Waals surface area contributed by atoms with E-state index in [0.29, 0.717) is 0 Å². The maximum absolute atomic E-state index is 6.25. The molecule has 0 aliphatic rings. The van der Waals surface area contributed by atoms with Gasteiger partial charge in [-0.1, -0.05) is 0 Å². The molecule has 0 aliphatic heterocycles. The molecular weight excluding hydrogens is 160 g/mol. The topological polar surface area (TPSA) is 241 Å². The molecule has 0 aliphatic carbocycles. The number of rotatable bonds is 0. The Hall–Kier alpha value is -2.20. The molecule has 0 spiro atoms. The fourth-order valence-electron chi connectivity index (χ4n) is 0. The molecule has 0 rings (SSSR count). The summed E-state index contributed by atoms with van der Waals surface area (Å²) in [7, 11) is 0. The van der Waals surface area contributed by atoms with Gasteiger partial charge in [-0.05, 0) is 0 Å². The van der Waals surface area contributed by atoms with Crippen LogP contribution in [0.25, 0.3) is 0 Å². The summed E-state index contributed by atoms with van der Waals surface area (Å²) in [4.78, 5) is 0. The van der Waals surface area contributed by atoms with Gasteiger partial charge in [0.25, 0.3) is 0 Å². The second kappa shape index (κ2) is 111.